The molecule has 0 atom stereocenters. The second-order valence-corrected chi connectivity index (χ2v) is 4.40. The predicted molar refractivity (Wildman–Crippen MR) is 57.8 cm³/mol. The summed E-state index contributed by atoms with van der Waals surface area (Å²) >= 11 is 0. The van der Waals surface area contributed by atoms with E-state index in [0.717, 1.165) is 12.1 Å². The van der Waals surface area contributed by atoms with E-state index in [9.17, 15) is 8.78 Å². The zero-order valence-corrected chi connectivity index (χ0v) is 9.40. The fourth-order valence-electron chi connectivity index (χ4n) is 1.12. The lowest BCUT2D eigenvalue weighted by molar-refractivity contribution is 0.117. The van der Waals surface area contributed by atoms with Gasteiger partial charge in [-0.3, -0.25) is 5.41 Å². The van der Waals surface area contributed by atoms with Gasteiger partial charge in [0.2, 0.25) is 0 Å². The largest absolute Gasteiger partial charge is 0.482 e. The second kappa shape index (κ2) is 4.08. The molecule has 0 saturated carbocycles. The summed E-state index contributed by atoms with van der Waals surface area (Å²) in [7, 11) is 0. The molecule has 0 aliphatic heterocycles. The highest BCUT2D eigenvalue weighted by atomic mass is 19.1. The normalized spacial score (nSPS) is 11.3. The van der Waals surface area contributed by atoms with E-state index < -0.39 is 23.0 Å². The number of hydrogen-bond donors (Lipinski definition) is 2. The minimum Gasteiger partial charge on any atom is -0.482 e. The van der Waals surface area contributed by atoms with Crippen LogP contribution in [-0.2, 0) is 0 Å². The number of benzene rings is 1. The zero-order valence-electron chi connectivity index (χ0n) is 9.40. The highest BCUT2D eigenvalue weighted by Crippen LogP contribution is 2.26. The Labute approximate surface area is 92.7 Å². The average Bonchev–Trinajstić information content (AvgIpc) is 2.09. The Balaban J connectivity index is 3.18. The highest BCUT2D eigenvalue weighted by molar-refractivity contribution is 5.95. The molecule has 0 aromatic heterocycles. The third kappa shape index (κ3) is 2.92. The number of nitrogens with two attached hydrogens (primary N) is 1. The van der Waals surface area contributed by atoms with Gasteiger partial charge in [-0.15, -0.1) is 0 Å². The third-order valence-corrected chi connectivity index (χ3v) is 1.72. The Bertz CT molecular complexity index is 401. The van der Waals surface area contributed by atoms with E-state index in [4.69, 9.17) is 15.9 Å². The minimum atomic E-state index is -0.861. The van der Waals surface area contributed by atoms with Crippen LogP contribution in [0.2, 0.25) is 0 Å². The highest BCUT2D eigenvalue weighted by Gasteiger charge is 2.20. The molecule has 0 bridgehead atoms. The third-order valence-electron chi connectivity index (χ3n) is 1.72. The molecule has 5 heteroatoms. The van der Waals surface area contributed by atoms with E-state index in [1.54, 1.807) is 20.8 Å². The van der Waals surface area contributed by atoms with Crippen LogP contribution < -0.4 is 10.5 Å². The van der Waals surface area contributed by atoms with E-state index in [1.807, 2.05) is 0 Å². The molecule has 0 saturated heterocycles. The summed E-state index contributed by atoms with van der Waals surface area (Å²) in [5.41, 5.74) is 4.44. The van der Waals surface area contributed by atoms with Gasteiger partial charge in [-0.05, 0) is 32.9 Å². The number of nitrogen functional groups attached to an aromatic ring is 1. The van der Waals surface area contributed by atoms with Crippen LogP contribution in [0.3, 0.4) is 0 Å². The summed E-state index contributed by atoms with van der Waals surface area (Å²) in [6.07, 6.45) is 0. The fraction of sp³-hybridized carbons (Fsp3) is 0.364. The molecule has 0 spiro atoms. The van der Waals surface area contributed by atoms with Gasteiger partial charge in [-0.2, -0.15) is 0 Å². The van der Waals surface area contributed by atoms with Gasteiger partial charge in [0.25, 0.3) is 0 Å². The van der Waals surface area contributed by atoms with Crippen molar-refractivity contribution in [2.24, 2.45) is 5.73 Å². The van der Waals surface area contributed by atoms with Gasteiger partial charge in [0, 0.05) is 5.56 Å². The van der Waals surface area contributed by atoms with Gasteiger partial charge in [0.1, 0.15) is 11.4 Å². The molecule has 0 unspecified atom stereocenters. The molecule has 0 fully saturated rings. The summed E-state index contributed by atoms with van der Waals surface area (Å²) < 4.78 is 32.1. The van der Waals surface area contributed by atoms with Crippen molar-refractivity contribution >= 4 is 5.84 Å². The van der Waals surface area contributed by atoms with Gasteiger partial charge in [0.05, 0.1) is 0 Å². The van der Waals surface area contributed by atoms with E-state index in [0.29, 0.717) is 0 Å². The Kier molecular flexibility index (Phi) is 3.16. The molecule has 3 N–H and O–H groups in total. The number of rotatable bonds is 2. The summed E-state index contributed by atoms with van der Waals surface area (Å²) in [4.78, 5) is 0. The summed E-state index contributed by atoms with van der Waals surface area (Å²) in [6.45, 7) is 5.06. The number of hydrogen-bond acceptors (Lipinski definition) is 2. The molecule has 88 valence electrons. The van der Waals surface area contributed by atoms with E-state index >= 15 is 0 Å². The first-order valence-electron chi connectivity index (χ1n) is 4.73. The molecule has 0 heterocycles. The second-order valence-electron chi connectivity index (χ2n) is 4.40. The van der Waals surface area contributed by atoms with Crippen molar-refractivity contribution in [1.82, 2.24) is 0 Å². The van der Waals surface area contributed by atoms with Crippen LogP contribution >= 0.6 is 0 Å². The summed E-state index contributed by atoms with van der Waals surface area (Å²) in [5.74, 6) is -2.56. The SMILES string of the molecule is CC(C)(C)Oc1c(F)cc(C(=N)N)cc1F. The molecule has 1 aromatic carbocycles. The van der Waals surface area contributed by atoms with Crippen LogP contribution in [0.5, 0.6) is 5.75 Å². The summed E-state index contributed by atoms with van der Waals surface area (Å²) in [5, 5.41) is 7.08. The Morgan fingerprint density at radius 1 is 1.25 bits per heavy atom. The monoisotopic (exact) mass is 228 g/mol. The lowest BCUT2D eigenvalue weighted by Gasteiger charge is -2.22. The van der Waals surface area contributed by atoms with Crippen LogP contribution in [0.15, 0.2) is 12.1 Å². The van der Waals surface area contributed by atoms with Gasteiger partial charge in [0.15, 0.2) is 17.4 Å². The minimum absolute atomic E-state index is 0.00346. The van der Waals surface area contributed by atoms with Gasteiger partial charge in [-0.25, -0.2) is 8.78 Å². The van der Waals surface area contributed by atoms with Crippen molar-refractivity contribution in [3.8, 4) is 5.75 Å². The maximum atomic E-state index is 13.5. The van der Waals surface area contributed by atoms with Gasteiger partial charge in [-0.1, -0.05) is 0 Å². The molecular formula is C11H14F2N2O. The Morgan fingerprint density at radius 3 is 2.00 bits per heavy atom. The lowest BCUT2D eigenvalue weighted by Crippen LogP contribution is -2.24. The standard InChI is InChI=1S/C11H14F2N2O/c1-11(2,3)16-9-7(12)4-6(10(14)15)5-8(9)13/h4-5H,1-3H3,(H3,14,15). The predicted octanol–water partition coefficient (Wildman–Crippen LogP) is 2.43. The van der Waals surface area contributed by atoms with Crippen LogP contribution in [0.1, 0.15) is 26.3 Å². The first-order valence-corrected chi connectivity index (χ1v) is 4.73. The molecule has 0 radical (unpaired) electrons. The molecular weight excluding hydrogens is 214 g/mol. The van der Waals surface area contributed by atoms with Crippen LogP contribution in [-0.4, -0.2) is 11.4 Å². The maximum Gasteiger partial charge on any atom is 0.191 e. The topological polar surface area (TPSA) is 59.1 Å². The smallest absolute Gasteiger partial charge is 0.191 e. The number of nitrogens with one attached hydrogen (secondary N) is 1. The quantitative estimate of drug-likeness (QED) is 0.603. The number of amidine groups is 1. The number of ether oxygens (including phenoxy) is 1. The average molecular weight is 228 g/mol. The Hall–Kier alpha value is -1.65. The molecule has 1 aromatic rings. The fourth-order valence-corrected chi connectivity index (χ4v) is 1.12. The van der Waals surface area contributed by atoms with Crippen molar-refractivity contribution in [3.05, 3.63) is 29.3 Å². The van der Waals surface area contributed by atoms with Gasteiger partial charge >= 0.3 is 0 Å². The van der Waals surface area contributed by atoms with E-state index in [1.165, 1.54) is 0 Å². The van der Waals surface area contributed by atoms with Crippen molar-refractivity contribution in [3.63, 3.8) is 0 Å². The Morgan fingerprint density at radius 2 is 1.69 bits per heavy atom. The summed E-state index contributed by atoms with van der Waals surface area (Å²) in [6, 6.07) is 1.96. The van der Waals surface area contributed by atoms with Crippen molar-refractivity contribution in [2.75, 3.05) is 0 Å². The van der Waals surface area contributed by atoms with E-state index in [-0.39, 0.29) is 11.4 Å². The van der Waals surface area contributed by atoms with Crippen molar-refractivity contribution in [2.45, 2.75) is 26.4 Å². The van der Waals surface area contributed by atoms with E-state index in [2.05, 4.69) is 0 Å². The van der Waals surface area contributed by atoms with Crippen molar-refractivity contribution < 1.29 is 13.5 Å². The lowest BCUT2D eigenvalue weighted by atomic mass is 10.1. The molecule has 0 aliphatic rings. The van der Waals surface area contributed by atoms with Crippen molar-refractivity contribution in [1.29, 1.82) is 5.41 Å². The molecule has 16 heavy (non-hydrogen) atoms. The molecule has 3 nitrogen and oxygen atoms in total. The van der Waals surface area contributed by atoms with Gasteiger partial charge < -0.3 is 10.5 Å². The first-order chi connectivity index (χ1) is 7.20. The molecule has 0 amide bonds. The molecule has 0 aliphatic carbocycles. The van der Waals surface area contributed by atoms with Crippen LogP contribution in [0, 0.1) is 17.0 Å². The zero-order chi connectivity index (χ0) is 12.5. The number of halogens is 2. The first kappa shape index (κ1) is 12.4. The van der Waals surface area contributed by atoms with Crippen LogP contribution in [0.4, 0.5) is 8.78 Å². The maximum absolute atomic E-state index is 13.5. The molecule has 1 rings (SSSR count). The van der Waals surface area contributed by atoms with Crippen LogP contribution in [0.25, 0.3) is 0 Å².